The van der Waals surface area contributed by atoms with E-state index in [2.05, 4.69) is 43.1 Å². The minimum absolute atomic E-state index is 0.0777. The molecule has 0 bridgehead atoms. The number of hydrogen-bond acceptors (Lipinski definition) is 5. The maximum Gasteiger partial charge on any atom is 0.244 e. The number of piperazine rings is 1. The first-order chi connectivity index (χ1) is 21.1. The van der Waals surface area contributed by atoms with Crippen LogP contribution >= 0.6 is 22.6 Å². The Hall–Kier alpha value is -3.45. The van der Waals surface area contributed by atoms with E-state index in [0.29, 0.717) is 53.8 Å². The lowest BCUT2D eigenvalue weighted by Gasteiger charge is -2.56. The second-order valence-corrected chi connectivity index (χ2v) is 13.4. The Balaban J connectivity index is 1.17. The van der Waals surface area contributed by atoms with E-state index < -0.39 is 34.0 Å². The van der Waals surface area contributed by atoms with Gasteiger partial charge >= 0.3 is 0 Å². The lowest BCUT2D eigenvalue weighted by Crippen LogP contribution is -2.71. The molecule has 0 unspecified atom stereocenters. The third kappa shape index (κ3) is 4.45. The number of fused-ring (bicyclic) bond motifs is 3. The fourth-order valence-corrected chi connectivity index (χ4v) is 8.81. The average molecular weight is 712 g/mol. The van der Waals surface area contributed by atoms with Crippen LogP contribution in [0.25, 0.3) is 0 Å². The van der Waals surface area contributed by atoms with Crippen molar-refractivity contribution in [3.05, 3.63) is 88.6 Å². The summed E-state index contributed by atoms with van der Waals surface area (Å²) in [5, 5.41) is 5.87. The van der Waals surface area contributed by atoms with Crippen molar-refractivity contribution in [1.82, 2.24) is 14.8 Å². The van der Waals surface area contributed by atoms with Gasteiger partial charge in [-0.2, -0.15) is 0 Å². The Morgan fingerprint density at radius 2 is 1.77 bits per heavy atom. The van der Waals surface area contributed by atoms with Gasteiger partial charge < -0.3 is 15.5 Å². The van der Waals surface area contributed by atoms with Crippen molar-refractivity contribution < 1.29 is 23.2 Å². The van der Waals surface area contributed by atoms with Crippen LogP contribution in [0.5, 0.6) is 0 Å². The van der Waals surface area contributed by atoms with Gasteiger partial charge in [0.2, 0.25) is 17.7 Å². The molecule has 3 amide bonds. The van der Waals surface area contributed by atoms with Gasteiger partial charge in [0.05, 0.1) is 15.5 Å². The van der Waals surface area contributed by atoms with Gasteiger partial charge in [-0.1, -0.05) is 47.6 Å². The summed E-state index contributed by atoms with van der Waals surface area (Å²) in [5.41, 5.74) is 1.14. The molecule has 1 saturated heterocycles. The number of pyridine rings is 1. The highest BCUT2D eigenvalue weighted by Gasteiger charge is 2.58. The summed E-state index contributed by atoms with van der Waals surface area (Å²) < 4.78 is 29.5. The third-order valence-corrected chi connectivity index (χ3v) is 11.0. The Morgan fingerprint density at radius 1 is 1.05 bits per heavy atom. The van der Waals surface area contributed by atoms with Crippen LogP contribution in [0, 0.1) is 11.6 Å². The fraction of sp³-hybridized carbons (Fsp3) is 0.394. The predicted octanol–water partition coefficient (Wildman–Crippen LogP) is 5.05. The molecule has 11 heteroatoms. The van der Waals surface area contributed by atoms with Gasteiger partial charge in [0.15, 0.2) is 0 Å². The first kappa shape index (κ1) is 29.3. The van der Waals surface area contributed by atoms with Crippen LogP contribution in [-0.4, -0.2) is 55.7 Å². The number of rotatable bonds is 5. The summed E-state index contributed by atoms with van der Waals surface area (Å²) in [7, 11) is 0. The molecule has 8 nitrogen and oxygen atoms in total. The molecule has 1 saturated carbocycles. The number of halogens is 3. The van der Waals surface area contributed by atoms with Crippen LogP contribution in [-0.2, 0) is 38.2 Å². The van der Waals surface area contributed by atoms with Crippen LogP contribution in [0.4, 0.5) is 20.3 Å². The Labute approximate surface area is 267 Å². The van der Waals surface area contributed by atoms with Crippen molar-refractivity contribution in [3.8, 4) is 0 Å². The highest BCUT2D eigenvalue weighted by atomic mass is 127. The number of anilines is 2. The van der Waals surface area contributed by atoms with Crippen molar-refractivity contribution in [3.63, 3.8) is 0 Å². The minimum Gasteiger partial charge on any atom is -0.325 e. The van der Waals surface area contributed by atoms with Gasteiger partial charge in [-0.15, -0.1) is 0 Å². The predicted molar refractivity (Wildman–Crippen MR) is 169 cm³/mol. The number of carbonyl (C=O) groups is 3. The van der Waals surface area contributed by atoms with E-state index in [0.717, 1.165) is 35.6 Å². The Bertz CT molecular complexity index is 1690. The Morgan fingerprint density at radius 3 is 2.50 bits per heavy atom. The van der Waals surface area contributed by atoms with Crippen molar-refractivity contribution in [1.29, 1.82) is 0 Å². The molecule has 1 aromatic heterocycles. The summed E-state index contributed by atoms with van der Waals surface area (Å²) in [4.78, 5) is 49.1. The second kappa shape index (κ2) is 10.6. The lowest BCUT2D eigenvalue weighted by molar-refractivity contribution is -0.165. The van der Waals surface area contributed by atoms with Gasteiger partial charge in [0.25, 0.3) is 0 Å². The lowest BCUT2D eigenvalue weighted by atomic mass is 9.79. The number of aromatic nitrogens is 1. The van der Waals surface area contributed by atoms with Gasteiger partial charge in [0.1, 0.15) is 29.5 Å². The van der Waals surface area contributed by atoms with Crippen LogP contribution in [0.1, 0.15) is 54.9 Å². The fourth-order valence-electron chi connectivity index (χ4n) is 7.91. The molecule has 228 valence electrons. The summed E-state index contributed by atoms with van der Waals surface area (Å²) in [6.45, 7) is 1.85. The molecular formula is C33H32F2IN5O3. The minimum atomic E-state index is -1.14. The van der Waals surface area contributed by atoms with Gasteiger partial charge in [0, 0.05) is 30.1 Å². The first-order valence-corrected chi connectivity index (χ1v) is 16.4. The summed E-state index contributed by atoms with van der Waals surface area (Å²) in [6.07, 6.45) is 5.85. The molecule has 2 spiro atoms. The van der Waals surface area contributed by atoms with E-state index in [1.807, 2.05) is 30.3 Å². The summed E-state index contributed by atoms with van der Waals surface area (Å²) >= 11 is 2.24. The monoisotopic (exact) mass is 711 g/mol. The molecule has 4 aliphatic rings. The maximum absolute atomic E-state index is 14.5. The van der Waals surface area contributed by atoms with E-state index in [9.17, 15) is 23.2 Å². The zero-order valence-corrected chi connectivity index (χ0v) is 26.4. The molecular weight excluding hydrogens is 679 g/mol. The molecule has 2 atom stereocenters. The molecule has 3 heterocycles. The van der Waals surface area contributed by atoms with E-state index >= 15 is 0 Å². The van der Waals surface area contributed by atoms with Crippen LogP contribution in [0.15, 0.2) is 54.7 Å². The van der Waals surface area contributed by atoms with Crippen LogP contribution < -0.4 is 10.6 Å². The number of nitrogens with zero attached hydrogens (tertiary/aromatic N) is 3. The number of nitrogens with one attached hydrogen (secondary N) is 2. The first-order valence-electron chi connectivity index (χ1n) is 14.9. The third-order valence-electron chi connectivity index (χ3n) is 10.2. The SMILES string of the molecule is C[C@@]1(c2cc(F)cc(F)c2)CN(CI)C2(CCCC2)C(=O)N1CC(=O)Nc1ccc2c(c1)C[C@@]1(C2)C(=O)Nc2ncccc21. The Kier molecular flexibility index (Phi) is 7.04. The topological polar surface area (TPSA) is 94.6 Å². The molecule has 2 aromatic carbocycles. The number of benzene rings is 2. The van der Waals surface area contributed by atoms with Crippen molar-refractivity contribution >= 4 is 51.8 Å². The highest BCUT2D eigenvalue weighted by Crippen LogP contribution is 2.48. The second-order valence-electron chi connectivity index (χ2n) is 12.7. The molecule has 0 radical (unpaired) electrons. The molecule has 2 aliphatic heterocycles. The smallest absolute Gasteiger partial charge is 0.244 e. The molecule has 2 aliphatic carbocycles. The van der Waals surface area contributed by atoms with E-state index in [1.54, 1.807) is 13.1 Å². The van der Waals surface area contributed by atoms with Crippen LogP contribution in [0.2, 0.25) is 0 Å². The van der Waals surface area contributed by atoms with Gasteiger partial charge in [-0.3, -0.25) is 19.3 Å². The van der Waals surface area contributed by atoms with Crippen LogP contribution in [0.3, 0.4) is 0 Å². The number of amides is 3. The quantitative estimate of drug-likeness (QED) is 0.220. The van der Waals surface area contributed by atoms with Crippen molar-refractivity contribution in [2.75, 3.05) is 28.3 Å². The van der Waals surface area contributed by atoms with Crippen molar-refractivity contribution in [2.45, 2.75) is 61.9 Å². The number of hydrogen-bond donors (Lipinski definition) is 2. The molecule has 7 rings (SSSR count). The van der Waals surface area contributed by atoms with E-state index in [4.69, 9.17) is 0 Å². The standard InChI is InChI=1S/C33H32F2IN5O3/c1-31(22-12-23(34)14-24(35)13-22)18-40(19-36)33(8-2-3-9-33)30(44)41(31)17-27(42)38-25-7-6-20-15-32(16-21(20)11-25)26-5-4-10-37-28(26)39-29(32)43/h4-7,10-14H,2-3,8-9,15-19H2,1H3,(H,38,42)(H,37,39,43)/t31-,32+/m0/s1. The zero-order valence-electron chi connectivity index (χ0n) is 24.3. The normalized spacial score (nSPS) is 25.4. The van der Waals surface area contributed by atoms with Gasteiger partial charge in [-0.25, -0.2) is 13.8 Å². The number of carbonyl (C=O) groups excluding carboxylic acids is 3. The zero-order chi connectivity index (χ0) is 30.9. The molecule has 44 heavy (non-hydrogen) atoms. The summed E-state index contributed by atoms with van der Waals surface area (Å²) in [5.74, 6) is -1.54. The maximum atomic E-state index is 14.5. The summed E-state index contributed by atoms with van der Waals surface area (Å²) in [6, 6.07) is 12.7. The van der Waals surface area contributed by atoms with Crippen molar-refractivity contribution in [2.24, 2.45) is 0 Å². The highest BCUT2D eigenvalue weighted by molar-refractivity contribution is 14.1. The molecule has 2 fully saturated rings. The van der Waals surface area contributed by atoms with Gasteiger partial charge in [-0.05, 0) is 79.6 Å². The van der Waals surface area contributed by atoms with E-state index in [-0.39, 0.29) is 18.4 Å². The van der Waals surface area contributed by atoms with E-state index in [1.165, 1.54) is 17.0 Å². The molecule has 3 aromatic rings. The number of alkyl halides is 1. The molecule has 2 N–H and O–H groups in total. The average Bonchev–Trinajstić information content (AvgIpc) is 3.70. The largest absolute Gasteiger partial charge is 0.325 e.